The van der Waals surface area contributed by atoms with Crippen molar-refractivity contribution >= 4 is 17.7 Å². The summed E-state index contributed by atoms with van der Waals surface area (Å²) in [5.41, 5.74) is 5.34. The number of carbonyl (C=O) groups excluding carboxylic acids is 3. The lowest BCUT2D eigenvalue weighted by Gasteiger charge is -2.20. The van der Waals surface area contributed by atoms with Gasteiger partial charge < -0.3 is 5.32 Å². The van der Waals surface area contributed by atoms with Crippen molar-refractivity contribution in [2.75, 3.05) is 0 Å². The third-order valence-corrected chi connectivity index (χ3v) is 3.40. The van der Waals surface area contributed by atoms with Gasteiger partial charge in [0.2, 0.25) is 11.7 Å². The number of aromatic nitrogens is 4. The molecular weight excluding hydrogens is 338 g/mol. The van der Waals surface area contributed by atoms with Crippen LogP contribution in [-0.2, 0) is 20.9 Å². The molecule has 2 aromatic rings. The van der Waals surface area contributed by atoms with E-state index in [9.17, 15) is 14.4 Å². The molecule has 0 radical (unpaired) electrons. The van der Waals surface area contributed by atoms with Crippen molar-refractivity contribution in [3.63, 3.8) is 0 Å². The lowest BCUT2D eigenvalue weighted by molar-refractivity contribution is -0.133. The quantitative estimate of drug-likeness (QED) is 0.604. The third-order valence-electron chi connectivity index (χ3n) is 3.40. The van der Waals surface area contributed by atoms with Gasteiger partial charge in [-0.15, -0.1) is 10.2 Å². The van der Waals surface area contributed by atoms with Crippen LogP contribution in [0.5, 0.6) is 0 Å². The molecule has 10 heteroatoms. The van der Waals surface area contributed by atoms with E-state index in [1.165, 1.54) is 6.92 Å². The molecule has 2 rings (SSSR count). The van der Waals surface area contributed by atoms with E-state index in [1.807, 2.05) is 30.3 Å². The van der Waals surface area contributed by atoms with Crippen molar-refractivity contribution in [1.29, 1.82) is 0 Å². The Morgan fingerprint density at radius 2 is 1.81 bits per heavy atom. The molecule has 3 N–H and O–H groups in total. The summed E-state index contributed by atoms with van der Waals surface area (Å²) >= 11 is 0. The largest absolute Gasteiger partial charge is 0.344 e. The predicted octanol–water partition coefficient (Wildman–Crippen LogP) is -0.352. The van der Waals surface area contributed by atoms with Gasteiger partial charge in [-0.05, 0) is 11.1 Å². The van der Waals surface area contributed by atoms with Crippen molar-refractivity contribution in [2.24, 2.45) is 5.92 Å². The Bertz CT molecular complexity index is 773. The molecule has 1 atom stereocenters. The standard InChI is InChI=1S/C16H21N7O3/c1-10(2)14(17-11(3)24)16(26)20-18-13(25)9-23-21-15(19-22-23)12-7-5-4-6-8-12/h4-8,10,14H,9H2,1-3H3,(H,17,24)(H,18,25)(H,20,26)/t14-/m0/s1. The number of hydrazine groups is 1. The number of hydrogen-bond donors (Lipinski definition) is 3. The maximum atomic E-state index is 12.1. The predicted molar refractivity (Wildman–Crippen MR) is 92.0 cm³/mol. The van der Waals surface area contributed by atoms with Crippen LogP contribution in [0.2, 0.25) is 0 Å². The van der Waals surface area contributed by atoms with Gasteiger partial charge in [-0.2, -0.15) is 4.80 Å². The van der Waals surface area contributed by atoms with Gasteiger partial charge in [-0.1, -0.05) is 44.2 Å². The molecule has 0 spiro atoms. The van der Waals surface area contributed by atoms with Gasteiger partial charge in [0.05, 0.1) is 0 Å². The fraction of sp³-hybridized carbons (Fsp3) is 0.375. The second-order valence-corrected chi connectivity index (χ2v) is 5.97. The van der Waals surface area contributed by atoms with Crippen molar-refractivity contribution < 1.29 is 14.4 Å². The molecule has 0 aliphatic rings. The van der Waals surface area contributed by atoms with Crippen LogP contribution >= 0.6 is 0 Å². The van der Waals surface area contributed by atoms with Crippen molar-refractivity contribution in [2.45, 2.75) is 33.4 Å². The minimum Gasteiger partial charge on any atom is -0.344 e. The van der Waals surface area contributed by atoms with E-state index >= 15 is 0 Å². The van der Waals surface area contributed by atoms with Crippen molar-refractivity contribution in [1.82, 2.24) is 36.4 Å². The molecule has 26 heavy (non-hydrogen) atoms. The molecule has 0 bridgehead atoms. The molecule has 1 heterocycles. The number of hydrogen-bond acceptors (Lipinski definition) is 6. The summed E-state index contributed by atoms with van der Waals surface area (Å²) in [5, 5.41) is 14.3. The molecule has 0 saturated carbocycles. The van der Waals surface area contributed by atoms with Crippen molar-refractivity contribution in [3.8, 4) is 11.4 Å². The average Bonchev–Trinajstić information content (AvgIpc) is 3.06. The Labute approximate surface area is 150 Å². The highest BCUT2D eigenvalue weighted by Crippen LogP contribution is 2.11. The molecule has 0 saturated heterocycles. The van der Waals surface area contributed by atoms with E-state index in [4.69, 9.17) is 0 Å². The number of benzene rings is 1. The van der Waals surface area contributed by atoms with Crippen LogP contribution < -0.4 is 16.2 Å². The smallest absolute Gasteiger partial charge is 0.262 e. The van der Waals surface area contributed by atoms with E-state index in [2.05, 4.69) is 31.6 Å². The Morgan fingerprint density at radius 3 is 2.42 bits per heavy atom. The van der Waals surface area contributed by atoms with Gasteiger partial charge in [-0.25, -0.2) is 0 Å². The minimum absolute atomic E-state index is 0.138. The van der Waals surface area contributed by atoms with E-state index in [0.717, 1.165) is 10.4 Å². The zero-order chi connectivity index (χ0) is 19.1. The van der Waals surface area contributed by atoms with Gasteiger partial charge in [0.1, 0.15) is 12.6 Å². The second kappa shape index (κ2) is 8.70. The first-order valence-corrected chi connectivity index (χ1v) is 8.06. The van der Waals surface area contributed by atoms with Crippen LogP contribution in [0.15, 0.2) is 30.3 Å². The maximum Gasteiger partial charge on any atom is 0.262 e. The highest BCUT2D eigenvalue weighted by Gasteiger charge is 2.23. The Kier molecular flexibility index (Phi) is 6.36. The van der Waals surface area contributed by atoms with Crippen LogP contribution in [0.1, 0.15) is 20.8 Å². The number of tetrazole rings is 1. The van der Waals surface area contributed by atoms with Gasteiger partial charge in [0.15, 0.2) is 0 Å². The lowest BCUT2D eigenvalue weighted by atomic mass is 10.0. The van der Waals surface area contributed by atoms with Gasteiger partial charge >= 0.3 is 0 Å². The topological polar surface area (TPSA) is 131 Å². The molecule has 0 fully saturated rings. The van der Waals surface area contributed by atoms with Crippen LogP contribution in [0.25, 0.3) is 11.4 Å². The van der Waals surface area contributed by atoms with E-state index in [0.29, 0.717) is 5.82 Å². The van der Waals surface area contributed by atoms with Gasteiger partial charge in [0.25, 0.3) is 11.8 Å². The molecule has 0 aliphatic heterocycles. The zero-order valence-electron chi connectivity index (χ0n) is 14.8. The molecule has 1 aromatic carbocycles. The van der Waals surface area contributed by atoms with E-state index < -0.39 is 17.9 Å². The first kappa shape index (κ1) is 19.0. The third kappa shape index (κ3) is 5.36. The number of nitrogens with zero attached hydrogens (tertiary/aromatic N) is 4. The van der Waals surface area contributed by atoms with Crippen LogP contribution in [0.3, 0.4) is 0 Å². The van der Waals surface area contributed by atoms with E-state index in [1.54, 1.807) is 13.8 Å². The molecule has 0 aliphatic carbocycles. The summed E-state index contributed by atoms with van der Waals surface area (Å²) < 4.78 is 0. The van der Waals surface area contributed by atoms with Gasteiger partial charge in [0, 0.05) is 12.5 Å². The average molecular weight is 359 g/mol. The highest BCUT2D eigenvalue weighted by atomic mass is 16.2. The normalized spacial score (nSPS) is 11.7. The lowest BCUT2D eigenvalue weighted by Crippen LogP contribution is -2.54. The maximum absolute atomic E-state index is 12.1. The van der Waals surface area contributed by atoms with Crippen LogP contribution in [0, 0.1) is 5.92 Å². The molecule has 1 aromatic heterocycles. The summed E-state index contributed by atoms with van der Waals surface area (Å²) in [5.74, 6) is -1.11. The molecule has 138 valence electrons. The Morgan fingerprint density at radius 1 is 1.12 bits per heavy atom. The van der Waals surface area contributed by atoms with E-state index in [-0.39, 0.29) is 18.4 Å². The van der Waals surface area contributed by atoms with Gasteiger partial charge in [-0.3, -0.25) is 25.2 Å². The number of amides is 3. The zero-order valence-corrected chi connectivity index (χ0v) is 14.8. The summed E-state index contributed by atoms with van der Waals surface area (Å²) in [7, 11) is 0. The van der Waals surface area contributed by atoms with Crippen molar-refractivity contribution in [3.05, 3.63) is 30.3 Å². The van der Waals surface area contributed by atoms with Crippen LogP contribution in [0.4, 0.5) is 0 Å². The highest BCUT2D eigenvalue weighted by molar-refractivity contribution is 5.88. The monoisotopic (exact) mass is 359 g/mol. The van der Waals surface area contributed by atoms with Crippen LogP contribution in [-0.4, -0.2) is 44.0 Å². The fourth-order valence-electron chi connectivity index (χ4n) is 2.14. The summed E-state index contributed by atoms with van der Waals surface area (Å²) in [6.07, 6.45) is 0. The molecular formula is C16H21N7O3. The first-order valence-electron chi connectivity index (χ1n) is 8.06. The second-order valence-electron chi connectivity index (χ2n) is 5.97. The number of rotatable bonds is 6. The fourth-order valence-corrected chi connectivity index (χ4v) is 2.14. The number of nitrogens with one attached hydrogen (secondary N) is 3. The first-order chi connectivity index (χ1) is 12.4. The summed E-state index contributed by atoms with van der Waals surface area (Å²) in [6, 6.07) is 8.47. The Balaban J connectivity index is 1.88. The molecule has 0 unspecified atom stereocenters. The Hall–Kier alpha value is -3.30. The summed E-state index contributed by atoms with van der Waals surface area (Å²) in [4.78, 5) is 36.3. The summed E-state index contributed by atoms with van der Waals surface area (Å²) in [6.45, 7) is 4.67. The number of carbonyl (C=O) groups is 3. The molecule has 3 amide bonds. The SMILES string of the molecule is CC(=O)N[C@H](C(=O)NNC(=O)Cn1nnc(-c2ccccc2)n1)C(C)C. The molecule has 10 nitrogen and oxygen atoms in total. The minimum atomic E-state index is -0.748.